The summed E-state index contributed by atoms with van der Waals surface area (Å²) in [6, 6.07) is 58.3. The second-order valence-corrected chi connectivity index (χ2v) is 15.9. The fraction of sp³-hybridized carbons (Fsp3) is 0.160. The Kier molecular flexibility index (Phi) is 7.46. The molecule has 0 saturated heterocycles. The van der Waals surface area contributed by atoms with Crippen LogP contribution in [-0.2, 0) is 17.3 Å². The third kappa shape index (κ3) is 5.19. The summed E-state index contributed by atoms with van der Waals surface area (Å²) in [5.74, 6) is 0.205. The molecule has 0 radical (unpaired) electrons. The average Bonchev–Trinajstić information content (AvgIpc) is 3.53. The van der Waals surface area contributed by atoms with Crippen molar-refractivity contribution in [2.45, 2.75) is 50.9 Å². The smallest absolute Gasteiger partial charge is 0.0487 e. The van der Waals surface area contributed by atoms with Gasteiger partial charge in [-0.05, 0) is 96.4 Å². The van der Waals surface area contributed by atoms with E-state index in [1.807, 2.05) is 6.07 Å². The van der Waals surface area contributed by atoms with Gasteiger partial charge in [0.25, 0.3) is 0 Å². The Morgan fingerprint density at radius 2 is 0.961 bits per heavy atom. The highest BCUT2D eigenvalue weighted by atomic mass is 35.5. The van der Waals surface area contributed by atoms with E-state index in [2.05, 4.69) is 179 Å². The second kappa shape index (κ2) is 12.0. The van der Waals surface area contributed by atoms with E-state index >= 15 is 0 Å². The summed E-state index contributed by atoms with van der Waals surface area (Å²) < 4.78 is 0. The van der Waals surface area contributed by atoms with Gasteiger partial charge in [0.05, 0.1) is 0 Å². The van der Waals surface area contributed by atoms with Crippen molar-refractivity contribution in [3.05, 3.63) is 202 Å². The first-order chi connectivity index (χ1) is 24.7. The number of rotatable bonds is 6. The predicted molar refractivity (Wildman–Crippen MR) is 216 cm³/mol. The standard InChI is InChI=1S/C50H41Cl/c1-49(2)43-16-11-17-47(51)48(43)42-30-41-39-27-26-38(29-44(39)50(3,4)45(41)31-46(42)49)40(37-24-22-36(23-25-37)34-14-9-6-10-15-34)28-32-18-20-35(21-19-32)33-12-7-5-8-13-33/h5-27,29-31,40H,28H2,1-4H3. The van der Waals surface area contributed by atoms with Gasteiger partial charge in [-0.3, -0.25) is 0 Å². The molecule has 0 saturated carbocycles. The minimum atomic E-state index is -0.136. The SMILES string of the molecule is CC1(C)c2cc(C(Cc3ccc(-c4ccccc4)cc3)c3ccc(-c4ccccc4)cc3)ccc2-c2cc3c(cc21)C(C)(C)c1cccc(Cl)c1-3. The Morgan fingerprint density at radius 1 is 0.431 bits per heavy atom. The van der Waals surface area contributed by atoms with Gasteiger partial charge in [0.1, 0.15) is 0 Å². The van der Waals surface area contributed by atoms with Crippen molar-refractivity contribution in [2.24, 2.45) is 0 Å². The van der Waals surface area contributed by atoms with E-state index in [0.29, 0.717) is 0 Å². The zero-order valence-corrected chi connectivity index (χ0v) is 30.4. The van der Waals surface area contributed by atoms with E-state index in [4.69, 9.17) is 11.6 Å². The summed E-state index contributed by atoms with van der Waals surface area (Å²) in [6.45, 7) is 9.49. The van der Waals surface area contributed by atoms with Crippen LogP contribution in [0.15, 0.2) is 158 Å². The monoisotopic (exact) mass is 676 g/mol. The van der Waals surface area contributed by atoms with E-state index in [9.17, 15) is 0 Å². The van der Waals surface area contributed by atoms with Gasteiger partial charge >= 0.3 is 0 Å². The summed E-state index contributed by atoms with van der Waals surface area (Å²) in [5.41, 5.74) is 19.4. The summed E-state index contributed by atoms with van der Waals surface area (Å²) in [7, 11) is 0. The first-order valence-corrected chi connectivity index (χ1v) is 18.5. The molecule has 7 aromatic carbocycles. The van der Waals surface area contributed by atoms with Gasteiger partial charge in [-0.25, -0.2) is 0 Å². The lowest BCUT2D eigenvalue weighted by Crippen LogP contribution is -2.19. The lowest BCUT2D eigenvalue weighted by molar-refractivity contribution is 0.638. The molecule has 0 aromatic heterocycles. The molecule has 0 N–H and O–H groups in total. The van der Waals surface area contributed by atoms with Crippen LogP contribution in [0.5, 0.6) is 0 Å². The highest BCUT2D eigenvalue weighted by Crippen LogP contribution is 2.57. The minimum Gasteiger partial charge on any atom is -0.0837 e. The van der Waals surface area contributed by atoms with Crippen LogP contribution in [0.3, 0.4) is 0 Å². The molecule has 0 nitrogen and oxygen atoms in total. The molecule has 9 rings (SSSR count). The number of hydrogen-bond acceptors (Lipinski definition) is 0. The Morgan fingerprint density at radius 3 is 1.61 bits per heavy atom. The summed E-state index contributed by atoms with van der Waals surface area (Å²) >= 11 is 6.90. The molecule has 0 fully saturated rings. The normalized spacial score (nSPS) is 15.1. The maximum absolute atomic E-state index is 6.90. The quantitative estimate of drug-likeness (QED) is 0.164. The first-order valence-electron chi connectivity index (χ1n) is 18.1. The maximum atomic E-state index is 6.90. The molecular weight excluding hydrogens is 636 g/mol. The zero-order valence-electron chi connectivity index (χ0n) is 29.7. The fourth-order valence-corrected chi connectivity index (χ4v) is 9.15. The fourth-order valence-electron chi connectivity index (χ4n) is 8.87. The van der Waals surface area contributed by atoms with Crippen molar-refractivity contribution in [1.29, 1.82) is 0 Å². The highest BCUT2D eigenvalue weighted by Gasteiger charge is 2.42. The minimum absolute atomic E-state index is 0.103. The van der Waals surface area contributed by atoms with Crippen molar-refractivity contribution >= 4 is 11.6 Å². The molecule has 0 bridgehead atoms. The molecule has 0 heterocycles. The van der Waals surface area contributed by atoms with Gasteiger partial charge in [0.2, 0.25) is 0 Å². The van der Waals surface area contributed by atoms with E-state index in [-0.39, 0.29) is 16.7 Å². The van der Waals surface area contributed by atoms with Crippen LogP contribution in [0.2, 0.25) is 5.02 Å². The van der Waals surface area contributed by atoms with Crippen LogP contribution in [0.1, 0.15) is 72.6 Å². The third-order valence-corrected chi connectivity index (χ3v) is 12.1. The topological polar surface area (TPSA) is 0 Å². The lowest BCUT2D eigenvalue weighted by atomic mass is 9.77. The number of halogens is 1. The van der Waals surface area contributed by atoms with Crippen LogP contribution in [0, 0.1) is 0 Å². The van der Waals surface area contributed by atoms with E-state index in [0.717, 1.165) is 11.4 Å². The molecule has 0 aliphatic heterocycles. The van der Waals surface area contributed by atoms with Crippen molar-refractivity contribution in [2.75, 3.05) is 0 Å². The Balaban J connectivity index is 1.13. The largest absolute Gasteiger partial charge is 0.0837 e. The van der Waals surface area contributed by atoms with Crippen molar-refractivity contribution in [3.8, 4) is 44.5 Å². The van der Waals surface area contributed by atoms with Gasteiger partial charge in [0, 0.05) is 27.3 Å². The molecule has 0 amide bonds. The maximum Gasteiger partial charge on any atom is 0.0487 e. The molecule has 248 valence electrons. The zero-order chi connectivity index (χ0) is 34.9. The summed E-state index contributed by atoms with van der Waals surface area (Å²) in [4.78, 5) is 0. The molecule has 1 atom stereocenters. The Labute approximate surface area is 307 Å². The van der Waals surface area contributed by atoms with E-state index < -0.39 is 0 Å². The number of fused-ring (bicyclic) bond motifs is 6. The molecule has 2 aliphatic rings. The molecule has 7 aromatic rings. The van der Waals surface area contributed by atoms with E-state index in [1.54, 1.807) is 0 Å². The summed E-state index contributed by atoms with van der Waals surface area (Å²) in [5, 5.41) is 0.838. The van der Waals surface area contributed by atoms with Gasteiger partial charge in [0.15, 0.2) is 0 Å². The Hall–Kier alpha value is -5.17. The molecule has 0 spiro atoms. The Bertz CT molecular complexity index is 2410. The predicted octanol–water partition coefficient (Wildman–Crippen LogP) is 13.7. The molecule has 1 heteroatoms. The highest BCUT2D eigenvalue weighted by molar-refractivity contribution is 6.34. The van der Waals surface area contributed by atoms with Gasteiger partial charge in [-0.2, -0.15) is 0 Å². The van der Waals surface area contributed by atoms with Crippen LogP contribution < -0.4 is 0 Å². The number of benzene rings is 7. The average molecular weight is 677 g/mol. The van der Waals surface area contributed by atoms with Gasteiger partial charge in [-0.15, -0.1) is 0 Å². The third-order valence-electron chi connectivity index (χ3n) is 11.8. The second-order valence-electron chi connectivity index (χ2n) is 15.5. The molecular formula is C50H41Cl. The number of hydrogen-bond donors (Lipinski definition) is 0. The van der Waals surface area contributed by atoms with Gasteiger partial charge in [-0.1, -0.05) is 185 Å². The molecule has 2 aliphatic carbocycles. The van der Waals surface area contributed by atoms with Crippen LogP contribution >= 0.6 is 11.6 Å². The van der Waals surface area contributed by atoms with Gasteiger partial charge < -0.3 is 0 Å². The molecule has 1 unspecified atom stereocenters. The van der Waals surface area contributed by atoms with Crippen molar-refractivity contribution < 1.29 is 0 Å². The lowest BCUT2D eigenvalue weighted by Gasteiger charge is -2.26. The van der Waals surface area contributed by atoms with Crippen LogP contribution in [0.25, 0.3) is 44.5 Å². The van der Waals surface area contributed by atoms with Crippen LogP contribution in [-0.4, -0.2) is 0 Å². The van der Waals surface area contributed by atoms with Crippen molar-refractivity contribution in [1.82, 2.24) is 0 Å². The van der Waals surface area contributed by atoms with E-state index in [1.165, 1.54) is 83.5 Å². The summed E-state index contributed by atoms with van der Waals surface area (Å²) in [6.07, 6.45) is 0.920. The molecule has 51 heavy (non-hydrogen) atoms. The van der Waals surface area contributed by atoms with Crippen molar-refractivity contribution in [3.63, 3.8) is 0 Å². The first kappa shape index (κ1) is 31.8. The van der Waals surface area contributed by atoms with Crippen LogP contribution in [0.4, 0.5) is 0 Å².